The highest BCUT2D eigenvalue weighted by atomic mass is 32.1. The van der Waals surface area contributed by atoms with Crippen molar-refractivity contribution < 1.29 is 33.3 Å². The van der Waals surface area contributed by atoms with Gasteiger partial charge in [-0.3, -0.25) is 14.2 Å². The van der Waals surface area contributed by atoms with Gasteiger partial charge in [0.15, 0.2) is 11.5 Å². The van der Waals surface area contributed by atoms with E-state index < -0.39 is 11.5 Å². The number of aromatic nitrogens is 1. The molecule has 3 rings (SSSR count). The molecule has 0 atom stereocenters. The summed E-state index contributed by atoms with van der Waals surface area (Å²) < 4.78 is 28.4. The minimum Gasteiger partial charge on any atom is -0.493 e. The molecule has 0 saturated carbocycles. The van der Waals surface area contributed by atoms with Gasteiger partial charge in [-0.2, -0.15) is 0 Å². The first kappa shape index (κ1) is 25.3. The number of methoxy groups -OCH3 is 3. The molecule has 1 fully saturated rings. The summed E-state index contributed by atoms with van der Waals surface area (Å²) in [5.74, 6) is 0.492. The molecular formula is C23H28N2O8S. The van der Waals surface area contributed by atoms with E-state index in [0.717, 1.165) is 11.3 Å². The zero-order valence-electron chi connectivity index (χ0n) is 19.6. The van der Waals surface area contributed by atoms with Gasteiger partial charge in [-0.25, -0.2) is 4.79 Å². The van der Waals surface area contributed by atoms with Crippen molar-refractivity contribution in [3.05, 3.63) is 37.2 Å². The molecule has 1 saturated heterocycles. The topological polar surface area (TPSA) is 106 Å². The molecule has 1 amide bonds. The van der Waals surface area contributed by atoms with Gasteiger partial charge in [0.1, 0.15) is 11.2 Å². The van der Waals surface area contributed by atoms with Crippen LogP contribution in [0.15, 0.2) is 16.9 Å². The Morgan fingerprint density at radius 1 is 1.09 bits per heavy atom. The van der Waals surface area contributed by atoms with E-state index >= 15 is 0 Å². The lowest BCUT2D eigenvalue weighted by molar-refractivity contribution is -0.136. The number of hydrogen-bond donors (Lipinski definition) is 0. The number of amides is 1. The fourth-order valence-corrected chi connectivity index (χ4v) is 4.49. The van der Waals surface area contributed by atoms with Crippen molar-refractivity contribution in [1.82, 2.24) is 9.47 Å². The number of hydrogen-bond acceptors (Lipinski definition) is 9. The van der Waals surface area contributed by atoms with Crippen molar-refractivity contribution in [2.45, 2.75) is 13.5 Å². The maximum Gasteiger partial charge on any atom is 0.333 e. The molecule has 11 heteroatoms. The van der Waals surface area contributed by atoms with Gasteiger partial charge in [0.05, 0.1) is 51.8 Å². The van der Waals surface area contributed by atoms with Gasteiger partial charge in [-0.1, -0.05) is 0 Å². The summed E-state index contributed by atoms with van der Waals surface area (Å²) in [7, 11) is 4.51. The van der Waals surface area contributed by atoms with Crippen LogP contribution in [0.2, 0.25) is 0 Å². The number of thiazole rings is 1. The Labute approximate surface area is 200 Å². The maximum absolute atomic E-state index is 13.3. The Hall–Kier alpha value is -3.31. The van der Waals surface area contributed by atoms with Gasteiger partial charge in [0.2, 0.25) is 11.7 Å². The Morgan fingerprint density at radius 3 is 2.29 bits per heavy atom. The monoisotopic (exact) mass is 492 g/mol. The molecule has 1 aromatic carbocycles. The van der Waals surface area contributed by atoms with Gasteiger partial charge in [-0.05, 0) is 30.7 Å². The summed E-state index contributed by atoms with van der Waals surface area (Å²) >= 11 is 1.09. The largest absolute Gasteiger partial charge is 0.493 e. The van der Waals surface area contributed by atoms with Gasteiger partial charge in [0, 0.05) is 13.1 Å². The fourth-order valence-electron chi connectivity index (χ4n) is 3.46. The first-order valence-corrected chi connectivity index (χ1v) is 11.5. The summed E-state index contributed by atoms with van der Waals surface area (Å²) in [5.41, 5.74) is 0.234. The molecule has 1 aromatic heterocycles. The number of rotatable bonds is 8. The highest BCUT2D eigenvalue weighted by molar-refractivity contribution is 7.07. The molecule has 2 heterocycles. The number of carbonyl (C=O) groups excluding carboxylic acids is 2. The van der Waals surface area contributed by atoms with Crippen molar-refractivity contribution >= 4 is 35.4 Å². The van der Waals surface area contributed by atoms with Crippen LogP contribution in [0.5, 0.6) is 17.2 Å². The molecule has 34 heavy (non-hydrogen) atoms. The first-order chi connectivity index (χ1) is 16.4. The van der Waals surface area contributed by atoms with Crippen LogP contribution in [0.1, 0.15) is 12.5 Å². The summed E-state index contributed by atoms with van der Waals surface area (Å²) in [4.78, 5) is 39.8. The Morgan fingerprint density at radius 2 is 1.74 bits per heavy atom. The number of ether oxygens (including phenoxy) is 5. The number of nitrogens with zero attached hydrogens (tertiary/aromatic N) is 2. The third kappa shape index (κ3) is 5.78. The highest BCUT2D eigenvalue weighted by Gasteiger charge is 2.19. The third-order valence-electron chi connectivity index (χ3n) is 5.11. The second-order valence-electron chi connectivity index (χ2n) is 7.19. The van der Waals surface area contributed by atoms with E-state index in [4.69, 9.17) is 23.7 Å². The molecule has 0 spiro atoms. The maximum atomic E-state index is 13.3. The van der Waals surface area contributed by atoms with Crippen LogP contribution >= 0.6 is 11.3 Å². The van der Waals surface area contributed by atoms with Crippen LogP contribution < -0.4 is 29.0 Å². The summed E-state index contributed by atoms with van der Waals surface area (Å²) in [6.45, 7) is 3.52. The Kier molecular flexibility index (Phi) is 8.72. The molecule has 2 aromatic rings. The summed E-state index contributed by atoms with van der Waals surface area (Å²) in [5, 5.41) is 0. The van der Waals surface area contributed by atoms with Crippen LogP contribution in [0, 0.1) is 0 Å². The van der Waals surface area contributed by atoms with Crippen molar-refractivity contribution in [3.8, 4) is 17.2 Å². The third-order valence-corrected chi connectivity index (χ3v) is 6.17. The van der Waals surface area contributed by atoms with Crippen LogP contribution in [-0.2, 0) is 25.6 Å². The van der Waals surface area contributed by atoms with Crippen molar-refractivity contribution in [2.24, 2.45) is 0 Å². The predicted molar refractivity (Wildman–Crippen MR) is 126 cm³/mol. The van der Waals surface area contributed by atoms with Crippen LogP contribution in [0.4, 0.5) is 0 Å². The van der Waals surface area contributed by atoms with E-state index in [0.29, 0.717) is 58.3 Å². The quantitative estimate of drug-likeness (QED) is 0.473. The second kappa shape index (κ2) is 11.7. The highest BCUT2D eigenvalue weighted by Crippen LogP contribution is 2.38. The average molecular weight is 493 g/mol. The number of morpholine rings is 1. The number of benzene rings is 1. The predicted octanol–water partition coefficient (Wildman–Crippen LogP) is -0.0332. The van der Waals surface area contributed by atoms with Crippen molar-refractivity contribution in [1.29, 1.82) is 0 Å². The zero-order valence-corrected chi connectivity index (χ0v) is 20.4. The average Bonchev–Trinajstić information content (AvgIpc) is 3.12. The lowest BCUT2D eigenvalue weighted by Gasteiger charge is -2.26. The van der Waals surface area contributed by atoms with E-state index in [2.05, 4.69) is 0 Å². The van der Waals surface area contributed by atoms with Gasteiger partial charge in [-0.15, -0.1) is 11.3 Å². The molecule has 1 aliphatic rings. The van der Waals surface area contributed by atoms with E-state index in [1.807, 2.05) is 0 Å². The molecule has 0 unspecified atom stereocenters. The normalized spacial score (nSPS) is 14.8. The number of esters is 1. The molecule has 1 aliphatic heterocycles. The SMILES string of the molecule is CCOC(=O)/C=c1\s/c(=C\c2cc(OC)c(OC)c(OC)c2)c(=O)n1CC(=O)N1CCOCC1. The standard InChI is InChI=1S/C23H28N2O8S/c1-5-33-21(27)13-20-25(14-19(26)24-6-8-32-9-7-24)23(28)18(34-20)12-15-10-16(29-2)22(31-4)17(11-15)30-3/h10-13H,5-9,14H2,1-4H3/b18-12-,20-13-. The van der Waals surface area contributed by atoms with E-state index in [9.17, 15) is 14.4 Å². The molecule has 10 nitrogen and oxygen atoms in total. The molecule has 0 N–H and O–H groups in total. The smallest absolute Gasteiger partial charge is 0.333 e. The lowest BCUT2D eigenvalue weighted by atomic mass is 10.1. The molecule has 184 valence electrons. The minimum absolute atomic E-state index is 0.191. The molecule has 0 aliphatic carbocycles. The second-order valence-corrected chi connectivity index (χ2v) is 8.25. The van der Waals surface area contributed by atoms with E-state index in [-0.39, 0.29) is 19.1 Å². The molecular weight excluding hydrogens is 464 g/mol. The molecule has 0 radical (unpaired) electrons. The van der Waals surface area contributed by atoms with Crippen molar-refractivity contribution in [2.75, 3.05) is 54.2 Å². The fraction of sp³-hybridized carbons (Fsp3) is 0.435. The first-order valence-electron chi connectivity index (χ1n) is 10.7. The summed E-state index contributed by atoms with van der Waals surface area (Å²) in [6.07, 6.45) is 2.88. The van der Waals surface area contributed by atoms with Crippen LogP contribution in [0.25, 0.3) is 12.2 Å². The van der Waals surface area contributed by atoms with Crippen molar-refractivity contribution in [3.63, 3.8) is 0 Å². The summed E-state index contributed by atoms with van der Waals surface area (Å²) in [6, 6.07) is 3.41. The van der Waals surface area contributed by atoms with Gasteiger partial charge < -0.3 is 28.6 Å². The zero-order chi connectivity index (χ0) is 24.7. The Balaban J connectivity index is 2.10. The molecule has 0 bridgehead atoms. The Bertz CT molecular complexity index is 1190. The van der Waals surface area contributed by atoms with Crippen LogP contribution in [0.3, 0.4) is 0 Å². The lowest BCUT2D eigenvalue weighted by Crippen LogP contribution is -2.45. The van der Waals surface area contributed by atoms with Crippen LogP contribution in [-0.4, -0.2) is 75.6 Å². The van der Waals surface area contributed by atoms with Gasteiger partial charge in [0.25, 0.3) is 5.56 Å². The number of carbonyl (C=O) groups is 2. The minimum atomic E-state index is -0.587. The van der Waals surface area contributed by atoms with E-state index in [1.54, 1.807) is 30.0 Å². The van der Waals surface area contributed by atoms with Gasteiger partial charge >= 0.3 is 5.97 Å². The van der Waals surface area contributed by atoms with E-state index in [1.165, 1.54) is 32.0 Å².